The Morgan fingerprint density at radius 3 is 2.07 bits per heavy atom. The third-order valence-corrected chi connectivity index (χ3v) is 4.67. The lowest BCUT2D eigenvalue weighted by Gasteiger charge is -2.19. The Bertz CT molecular complexity index is 865. The standard InChI is InChI=1S/C21H22F3N3/c1-26(14-3-4-20-25-13-15-27(20)2)19-11-7-17(8-12-19)16-5-9-18(10-6-16)21(22,23)24/h5-13,15H,3-4,14H2,1-2H3. The quantitative estimate of drug-likeness (QED) is 0.594. The average Bonchev–Trinajstić information content (AvgIpc) is 3.06. The lowest BCUT2D eigenvalue weighted by atomic mass is 10.0. The van der Waals surface area contributed by atoms with Crippen LogP contribution in [-0.2, 0) is 19.6 Å². The van der Waals surface area contributed by atoms with Crippen LogP contribution in [0.5, 0.6) is 0 Å². The van der Waals surface area contributed by atoms with Gasteiger partial charge in [0.05, 0.1) is 5.56 Å². The molecule has 0 atom stereocenters. The number of anilines is 1. The number of hydrogen-bond donors (Lipinski definition) is 0. The molecular weight excluding hydrogens is 351 g/mol. The minimum absolute atomic E-state index is 0.629. The lowest BCUT2D eigenvalue weighted by Crippen LogP contribution is -2.19. The predicted molar refractivity (Wildman–Crippen MR) is 102 cm³/mol. The van der Waals surface area contributed by atoms with Crippen molar-refractivity contribution >= 4 is 5.69 Å². The van der Waals surface area contributed by atoms with E-state index < -0.39 is 11.7 Å². The molecule has 0 fully saturated rings. The van der Waals surface area contributed by atoms with E-state index in [0.29, 0.717) is 0 Å². The van der Waals surface area contributed by atoms with Crippen LogP contribution >= 0.6 is 0 Å². The maximum absolute atomic E-state index is 12.7. The number of hydrogen-bond acceptors (Lipinski definition) is 2. The van der Waals surface area contributed by atoms with E-state index in [0.717, 1.165) is 54.2 Å². The molecule has 0 aliphatic rings. The van der Waals surface area contributed by atoms with Crippen molar-refractivity contribution in [1.29, 1.82) is 0 Å². The highest BCUT2D eigenvalue weighted by Crippen LogP contribution is 2.31. The van der Waals surface area contributed by atoms with Crippen LogP contribution in [0.1, 0.15) is 17.8 Å². The Hall–Kier alpha value is -2.76. The average molecular weight is 373 g/mol. The lowest BCUT2D eigenvalue weighted by molar-refractivity contribution is -0.137. The summed E-state index contributed by atoms with van der Waals surface area (Å²) >= 11 is 0. The summed E-state index contributed by atoms with van der Waals surface area (Å²) in [5.41, 5.74) is 2.11. The van der Waals surface area contributed by atoms with Crippen molar-refractivity contribution in [1.82, 2.24) is 9.55 Å². The van der Waals surface area contributed by atoms with Gasteiger partial charge in [-0.05, 0) is 41.8 Å². The van der Waals surface area contributed by atoms with E-state index in [1.807, 2.05) is 49.1 Å². The van der Waals surface area contributed by atoms with Gasteiger partial charge in [-0.1, -0.05) is 24.3 Å². The maximum atomic E-state index is 12.7. The van der Waals surface area contributed by atoms with Gasteiger partial charge in [0, 0.05) is 45.1 Å². The summed E-state index contributed by atoms with van der Waals surface area (Å²) in [6.45, 7) is 0.895. The molecule has 0 radical (unpaired) electrons. The van der Waals surface area contributed by atoms with Crippen molar-refractivity contribution in [3.8, 4) is 11.1 Å². The van der Waals surface area contributed by atoms with Crippen LogP contribution in [0.25, 0.3) is 11.1 Å². The number of rotatable bonds is 6. The summed E-state index contributed by atoms with van der Waals surface area (Å²) in [5, 5.41) is 0. The first-order valence-corrected chi connectivity index (χ1v) is 8.79. The maximum Gasteiger partial charge on any atom is 0.416 e. The SMILES string of the molecule is CN(CCCc1nccn1C)c1ccc(-c2ccc(C(F)(F)F)cc2)cc1. The van der Waals surface area contributed by atoms with Crippen LogP contribution in [0, 0.1) is 0 Å². The highest BCUT2D eigenvalue weighted by Gasteiger charge is 2.29. The molecule has 0 N–H and O–H groups in total. The van der Waals surface area contributed by atoms with Gasteiger partial charge in [0.1, 0.15) is 5.82 Å². The number of benzene rings is 2. The number of nitrogens with zero attached hydrogens (tertiary/aromatic N) is 3. The first-order chi connectivity index (χ1) is 12.8. The van der Waals surface area contributed by atoms with Crippen LogP contribution in [-0.4, -0.2) is 23.1 Å². The molecule has 0 aliphatic heterocycles. The van der Waals surface area contributed by atoms with Crippen molar-refractivity contribution in [3.63, 3.8) is 0 Å². The van der Waals surface area contributed by atoms with E-state index in [-0.39, 0.29) is 0 Å². The monoisotopic (exact) mass is 373 g/mol. The molecule has 0 aliphatic carbocycles. The fourth-order valence-electron chi connectivity index (χ4n) is 3.00. The van der Waals surface area contributed by atoms with Crippen molar-refractivity contribution in [2.75, 3.05) is 18.5 Å². The molecule has 27 heavy (non-hydrogen) atoms. The van der Waals surface area contributed by atoms with Crippen LogP contribution in [0.2, 0.25) is 0 Å². The molecular formula is C21H22F3N3. The van der Waals surface area contributed by atoms with Crippen molar-refractivity contribution < 1.29 is 13.2 Å². The topological polar surface area (TPSA) is 21.1 Å². The molecule has 1 aromatic heterocycles. The Kier molecular flexibility index (Phi) is 5.54. The van der Waals surface area contributed by atoms with Gasteiger partial charge in [-0.3, -0.25) is 0 Å². The van der Waals surface area contributed by atoms with E-state index in [4.69, 9.17) is 0 Å². The highest BCUT2D eigenvalue weighted by molar-refractivity contribution is 5.66. The largest absolute Gasteiger partial charge is 0.416 e. The van der Waals surface area contributed by atoms with Gasteiger partial charge in [0.2, 0.25) is 0 Å². The first-order valence-electron chi connectivity index (χ1n) is 8.79. The normalized spacial score (nSPS) is 11.6. The van der Waals surface area contributed by atoms with Gasteiger partial charge in [0.25, 0.3) is 0 Å². The Morgan fingerprint density at radius 2 is 1.56 bits per heavy atom. The second-order valence-electron chi connectivity index (χ2n) is 6.60. The summed E-state index contributed by atoms with van der Waals surface area (Å²) in [4.78, 5) is 6.49. The van der Waals surface area contributed by atoms with Crippen LogP contribution in [0.3, 0.4) is 0 Å². The van der Waals surface area contributed by atoms with Gasteiger partial charge in [-0.15, -0.1) is 0 Å². The molecule has 0 spiro atoms. The van der Waals surface area contributed by atoms with Crippen LogP contribution in [0.4, 0.5) is 18.9 Å². The number of halogens is 3. The number of imidazole rings is 1. The van der Waals surface area contributed by atoms with Gasteiger partial charge in [-0.2, -0.15) is 13.2 Å². The molecule has 0 bridgehead atoms. The van der Waals surface area contributed by atoms with Gasteiger partial charge in [0.15, 0.2) is 0 Å². The van der Waals surface area contributed by atoms with Gasteiger partial charge < -0.3 is 9.47 Å². The van der Waals surface area contributed by atoms with E-state index in [1.54, 1.807) is 6.20 Å². The summed E-state index contributed by atoms with van der Waals surface area (Å²) in [5.74, 6) is 1.07. The zero-order chi connectivity index (χ0) is 19.4. The molecule has 3 nitrogen and oxygen atoms in total. The highest BCUT2D eigenvalue weighted by atomic mass is 19.4. The van der Waals surface area contributed by atoms with Crippen LogP contribution < -0.4 is 4.90 Å². The van der Waals surface area contributed by atoms with Crippen LogP contribution in [0.15, 0.2) is 60.9 Å². The molecule has 3 aromatic rings. The van der Waals surface area contributed by atoms with E-state index in [1.165, 1.54) is 12.1 Å². The number of alkyl halides is 3. The summed E-state index contributed by atoms with van der Waals surface area (Å²) in [6.07, 6.45) is 1.34. The third kappa shape index (κ3) is 4.70. The fraction of sp³-hybridized carbons (Fsp3) is 0.286. The van der Waals surface area contributed by atoms with E-state index in [2.05, 4.69) is 9.88 Å². The van der Waals surface area contributed by atoms with Crippen molar-refractivity contribution in [2.24, 2.45) is 7.05 Å². The van der Waals surface area contributed by atoms with Gasteiger partial charge in [-0.25, -0.2) is 4.98 Å². The fourth-order valence-corrected chi connectivity index (χ4v) is 3.00. The first kappa shape index (κ1) is 19.0. The second-order valence-corrected chi connectivity index (χ2v) is 6.60. The minimum atomic E-state index is -4.31. The summed E-state index contributed by atoms with van der Waals surface area (Å²) in [6, 6.07) is 13.1. The molecule has 142 valence electrons. The number of aryl methyl sites for hydroxylation is 2. The van der Waals surface area contributed by atoms with Crippen molar-refractivity contribution in [2.45, 2.75) is 19.0 Å². The summed E-state index contributed by atoms with van der Waals surface area (Å²) in [7, 11) is 4.03. The molecule has 2 aromatic carbocycles. The second kappa shape index (κ2) is 7.86. The van der Waals surface area contributed by atoms with E-state index in [9.17, 15) is 13.2 Å². The minimum Gasteiger partial charge on any atom is -0.375 e. The molecule has 1 heterocycles. The Balaban J connectivity index is 1.60. The molecule has 0 amide bonds. The third-order valence-electron chi connectivity index (χ3n) is 4.67. The zero-order valence-electron chi connectivity index (χ0n) is 15.4. The van der Waals surface area contributed by atoms with Crippen molar-refractivity contribution in [3.05, 3.63) is 72.3 Å². The Labute approximate surface area is 157 Å². The molecule has 3 rings (SSSR count). The molecule has 6 heteroatoms. The molecule has 0 saturated carbocycles. The predicted octanol–water partition coefficient (Wildman–Crippen LogP) is 5.17. The molecule has 0 saturated heterocycles. The molecule has 0 unspecified atom stereocenters. The van der Waals surface area contributed by atoms with E-state index >= 15 is 0 Å². The number of aromatic nitrogens is 2. The Morgan fingerprint density at radius 1 is 0.963 bits per heavy atom. The van der Waals surface area contributed by atoms with Gasteiger partial charge >= 0.3 is 6.18 Å². The summed E-state index contributed by atoms with van der Waals surface area (Å²) < 4.78 is 40.0. The smallest absolute Gasteiger partial charge is 0.375 e. The zero-order valence-corrected chi connectivity index (χ0v) is 15.4.